The molecule has 12 heteroatoms. The number of aryl methyl sites for hydroxylation is 1. The molecule has 1 amide bonds. The number of halogens is 2. The van der Waals surface area contributed by atoms with Gasteiger partial charge in [-0.3, -0.25) is 9.69 Å². The third-order valence-corrected chi connectivity index (χ3v) is 9.50. The van der Waals surface area contributed by atoms with Crippen LogP contribution in [0, 0.1) is 13.8 Å². The average Bonchev–Trinajstić information content (AvgIpc) is 3.63. The molecule has 1 aliphatic carbocycles. The summed E-state index contributed by atoms with van der Waals surface area (Å²) in [5.74, 6) is 1.58. The van der Waals surface area contributed by atoms with Crippen LogP contribution in [0.3, 0.4) is 0 Å². The lowest BCUT2D eigenvalue weighted by Gasteiger charge is -2.44. The van der Waals surface area contributed by atoms with Gasteiger partial charge in [-0.2, -0.15) is 5.10 Å². The molecule has 4 aromatic rings. The first-order valence-corrected chi connectivity index (χ1v) is 15.3. The Kier molecular flexibility index (Phi) is 8.13. The lowest BCUT2D eigenvalue weighted by atomic mass is 9.83. The Bertz CT molecular complexity index is 1580. The van der Waals surface area contributed by atoms with E-state index in [1.54, 1.807) is 12.1 Å². The monoisotopic (exact) mass is 610 g/mol. The zero-order chi connectivity index (χ0) is 29.5. The summed E-state index contributed by atoms with van der Waals surface area (Å²) >= 11 is 12.3. The second-order valence-corrected chi connectivity index (χ2v) is 12.5. The van der Waals surface area contributed by atoms with E-state index >= 15 is 0 Å². The molecule has 1 aromatic carbocycles. The fourth-order valence-electron chi connectivity index (χ4n) is 6.16. The van der Waals surface area contributed by atoms with Crippen LogP contribution in [0.15, 0.2) is 35.2 Å². The summed E-state index contributed by atoms with van der Waals surface area (Å²) in [6, 6.07) is 5.76. The molecule has 0 unspecified atom stereocenters. The quantitative estimate of drug-likeness (QED) is 0.265. The van der Waals surface area contributed by atoms with E-state index in [1.165, 1.54) is 12.8 Å². The first-order chi connectivity index (χ1) is 20.2. The van der Waals surface area contributed by atoms with Crippen LogP contribution >= 0.6 is 23.2 Å². The normalized spacial score (nSPS) is 19.8. The van der Waals surface area contributed by atoms with Gasteiger partial charge in [0.05, 0.1) is 46.3 Å². The van der Waals surface area contributed by atoms with Crippen molar-refractivity contribution in [3.8, 4) is 5.69 Å². The van der Waals surface area contributed by atoms with E-state index in [4.69, 9.17) is 32.7 Å². The average molecular weight is 612 g/mol. The fraction of sp³-hybridized carbons (Fsp3) is 0.500. The number of hydrogen-bond donors (Lipinski definition) is 0. The maximum atomic E-state index is 13.5. The maximum Gasteiger partial charge on any atom is 0.227 e. The van der Waals surface area contributed by atoms with Gasteiger partial charge in [0.1, 0.15) is 11.5 Å². The lowest BCUT2D eigenvalue weighted by Crippen LogP contribution is -2.57. The number of carbonyl (C=O) groups excluding carboxylic acids is 1. The van der Waals surface area contributed by atoms with Crippen LogP contribution in [0.4, 0.5) is 0 Å². The van der Waals surface area contributed by atoms with Crippen molar-refractivity contribution in [2.45, 2.75) is 84.5 Å². The summed E-state index contributed by atoms with van der Waals surface area (Å²) in [4.78, 5) is 22.3. The highest BCUT2D eigenvalue weighted by Gasteiger charge is 2.33. The van der Waals surface area contributed by atoms with Crippen LogP contribution in [0.25, 0.3) is 5.69 Å². The topological polar surface area (TPSA) is 98.1 Å². The Hall–Kier alpha value is -3.21. The predicted octanol–water partition coefficient (Wildman–Crippen LogP) is 5.36. The molecular formula is C30H36Cl2N8O2. The second kappa shape index (κ2) is 11.8. The van der Waals surface area contributed by atoms with Crippen molar-refractivity contribution in [3.05, 3.63) is 74.9 Å². The number of piperazine rings is 1. The summed E-state index contributed by atoms with van der Waals surface area (Å²) in [5.41, 5.74) is 5.36. The molecule has 2 atom stereocenters. The molecule has 6 rings (SSSR count). The van der Waals surface area contributed by atoms with Crippen molar-refractivity contribution in [1.82, 2.24) is 39.6 Å². The molecule has 1 aliphatic heterocycles. The van der Waals surface area contributed by atoms with Crippen LogP contribution < -0.4 is 0 Å². The van der Waals surface area contributed by atoms with E-state index in [0.717, 1.165) is 52.6 Å². The van der Waals surface area contributed by atoms with E-state index < -0.39 is 0 Å². The minimum Gasteiger partial charge on any atom is -0.448 e. The van der Waals surface area contributed by atoms with Crippen molar-refractivity contribution in [1.29, 1.82) is 0 Å². The zero-order valence-electron chi connectivity index (χ0n) is 24.4. The molecular weight excluding hydrogens is 575 g/mol. The Morgan fingerprint density at radius 3 is 2.52 bits per heavy atom. The summed E-state index contributed by atoms with van der Waals surface area (Å²) in [6.07, 6.45) is 7.41. The smallest absolute Gasteiger partial charge is 0.227 e. The van der Waals surface area contributed by atoms with Crippen LogP contribution in [0.5, 0.6) is 0 Å². The van der Waals surface area contributed by atoms with Crippen molar-refractivity contribution >= 4 is 29.1 Å². The molecule has 1 saturated carbocycles. The highest BCUT2D eigenvalue weighted by molar-refractivity contribution is 6.42. The first-order valence-electron chi connectivity index (χ1n) is 14.5. The third kappa shape index (κ3) is 5.72. The van der Waals surface area contributed by atoms with Crippen molar-refractivity contribution in [2.75, 3.05) is 13.1 Å². The molecule has 0 radical (unpaired) electrons. The number of carbonyl (C=O) groups is 1. The number of rotatable bonds is 8. The number of aromatic nitrogens is 6. The predicted molar refractivity (Wildman–Crippen MR) is 160 cm³/mol. The van der Waals surface area contributed by atoms with Crippen LogP contribution in [-0.2, 0) is 24.3 Å². The first kappa shape index (κ1) is 28.9. The minimum absolute atomic E-state index is 0.106. The molecule has 42 heavy (non-hydrogen) atoms. The van der Waals surface area contributed by atoms with Crippen LogP contribution in [0.2, 0.25) is 10.0 Å². The van der Waals surface area contributed by atoms with E-state index in [2.05, 4.69) is 34.0 Å². The van der Waals surface area contributed by atoms with Gasteiger partial charge in [-0.05, 0) is 58.7 Å². The molecule has 2 aliphatic rings. The van der Waals surface area contributed by atoms with E-state index in [9.17, 15) is 4.79 Å². The molecule has 0 bridgehead atoms. The lowest BCUT2D eigenvalue weighted by molar-refractivity contribution is -0.135. The summed E-state index contributed by atoms with van der Waals surface area (Å²) in [5, 5.41) is 14.5. The van der Waals surface area contributed by atoms with Crippen LogP contribution in [-0.4, -0.2) is 70.6 Å². The molecule has 0 N–H and O–H groups in total. The molecule has 3 aromatic heterocycles. The van der Waals surface area contributed by atoms with E-state index in [0.29, 0.717) is 48.6 Å². The van der Waals surface area contributed by atoms with Gasteiger partial charge in [0.15, 0.2) is 6.39 Å². The summed E-state index contributed by atoms with van der Waals surface area (Å²) in [6.45, 7) is 10.8. The highest BCUT2D eigenvalue weighted by atomic mass is 35.5. The minimum atomic E-state index is 0.106. The van der Waals surface area contributed by atoms with Crippen molar-refractivity contribution in [3.63, 3.8) is 0 Å². The number of nitrogens with zero attached hydrogens (tertiary/aromatic N) is 8. The van der Waals surface area contributed by atoms with Crippen molar-refractivity contribution < 1.29 is 9.21 Å². The number of oxazole rings is 1. The molecule has 4 heterocycles. The van der Waals surface area contributed by atoms with Gasteiger partial charge in [-0.1, -0.05) is 34.8 Å². The Balaban J connectivity index is 1.08. The Morgan fingerprint density at radius 1 is 1.07 bits per heavy atom. The molecule has 1 saturated heterocycles. The number of hydrogen-bond acceptors (Lipinski definition) is 7. The van der Waals surface area contributed by atoms with Crippen LogP contribution in [0.1, 0.15) is 73.1 Å². The molecule has 222 valence electrons. The van der Waals surface area contributed by atoms with Gasteiger partial charge in [0, 0.05) is 48.9 Å². The van der Waals surface area contributed by atoms with E-state index in [-0.39, 0.29) is 18.0 Å². The Morgan fingerprint density at radius 2 is 1.83 bits per heavy atom. The standard InChI is InChI=1S/C30H36Cl2N8O2/c1-18-12-37(29(41)11-25-20(3)35-40(21(25)4)24-8-9-26(31)27(32)10-24)13-19(2)39(18)15-23-14-38(36-34-23)16-28-30(42-17-33-28)22-6-5-7-22/h8-10,14,17-19,22H,5-7,11-13,15-16H2,1-4H3/t18-,19+. The summed E-state index contributed by atoms with van der Waals surface area (Å²) in [7, 11) is 0. The number of amides is 1. The van der Waals surface area contributed by atoms with E-state index in [1.807, 2.05) is 40.4 Å². The maximum absolute atomic E-state index is 13.5. The fourth-order valence-corrected chi connectivity index (χ4v) is 6.45. The zero-order valence-corrected chi connectivity index (χ0v) is 25.9. The largest absolute Gasteiger partial charge is 0.448 e. The number of benzene rings is 1. The molecule has 0 spiro atoms. The molecule has 10 nitrogen and oxygen atoms in total. The van der Waals surface area contributed by atoms with Gasteiger partial charge in [0.2, 0.25) is 5.91 Å². The van der Waals surface area contributed by atoms with Gasteiger partial charge >= 0.3 is 0 Å². The highest BCUT2D eigenvalue weighted by Crippen LogP contribution is 2.38. The van der Waals surface area contributed by atoms with Gasteiger partial charge in [0.25, 0.3) is 0 Å². The SMILES string of the molecule is Cc1nn(-c2ccc(Cl)c(Cl)c2)c(C)c1CC(=O)N1C[C@@H](C)N(Cc2cn(Cc3ncoc3C3CCC3)nn2)[C@@H](C)C1. The molecule has 2 fully saturated rings. The van der Waals surface area contributed by atoms with Crippen molar-refractivity contribution in [2.24, 2.45) is 0 Å². The van der Waals surface area contributed by atoms with Gasteiger partial charge < -0.3 is 9.32 Å². The third-order valence-electron chi connectivity index (χ3n) is 8.76. The Labute approximate surface area is 255 Å². The van der Waals surface area contributed by atoms with Gasteiger partial charge in [-0.25, -0.2) is 14.3 Å². The van der Waals surface area contributed by atoms with Gasteiger partial charge in [-0.15, -0.1) is 5.10 Å². The summed E-state index contributed by atoms with van der Waals surface area (Å²) < 4.78 is 9.35. The second-order valence-electron chi connectivity index (χ2n) is 11.7.